The Morgan fingerprint density at radius 2 is 2.05 bits per heavy atom. The van der Waals surface area contributed by atoms with E-state index in [9.17, 15) is 4.79 Å². The van der Waals surface area contributed by atoms with Crippen LogP contribution in [0.25, 0.3) is 0 Å². The molecule has 2 unspecified atom stereocenters. The molecule has 0 spiro atoms. The monoisotopic (exact) mass is 318 g/mol. The van der Waals surface area contributed by atoms with Gasteiger partial charge >= 0.3 is 0 Å². The molecule has 2 atom stereocenters. The Morgan fingerprint density at radius 3 is 2.62 bits per heavy atom. The zero-order valence-electron chi connectivity index (χ0n) is 11.8. The van der Waals surface area contributed by atoms with Crippen molar-refractivity contribution in [1.82, 2.24) is 5.32 Å². The number of carbonyl (C=O) groups is 1. The average Bonchev–Trinajstić information content (AvgIpc) is 2.92. The van der Waals surface area contributed by atoms with Crippen LogP contribution in [-0.2, 0) is 11.2 Å². The van der Waals surface area contributed by atoms with E-state index in [2.05, 4.69) is 16.8 Å². The van der Waals surface area contributed by atoms with E-state index in [4.69, 9.17) is 18.0 Å². The second kappa shape index (κ2) is 7.33. The Balaban J connectivity index is 2.04. The van der Waals surface area contributed by atoms with Crippen LogP contribution in [0.4, 0.5) is 0 Å². The van der Waals surface area contributed by atoms with Gasteiger partial charge in [0.1, 0.15) is 5.92 Å². The third kappa shape index (κ3) is 4.37. The normalized spacial score (nSPS) is 13.4. The maximum absolute atomic E-state index is 12.4. The summed E-state index contributed by atoms with van der Waals surface area (Å²) in [5.41, 5.74) is 7.80. The Labute approximate surface area is 134 Å². The number of nitrogens with two attached hydrogens (primary N) is 1. The molecule has 2 rings (SSSR count). The molecule has 0 aliphatic rings. The molecule has 3 N–H and O–H groups in total. The molecule has 0 saturated heterocycles. The van der Waals surface area contributed by atoms with Crippen LogP contribution < -0.4 is 11.1 Å². The van der Waals surface area contributed by atoms with E-state index in [0.717, 1.165) is 12.0 Å². The van der Waals surface area contributed by atoms with E-state index in [-0.39, 0.29) is 16.9 Å². The Kier molecular flexibility index (Phi) is 5.47. The molecule has 1 aromatic heterocycles. The van der Waals surface area contributed by atoms with Crippen molar-refractivity contribution >= 4 is 34.5 Å². The smallest absolute Gasteiger partial charge is 0.234 e. The zero-order chi connectivity index (χ0) is 15.2. The molecular weight excluding hydrogens is 300 g/mol. The third-order valence-electron chi connectivity index (χ3n) is 3.19. The molecule has 0 fully saturated rings. The first-order chi connectivity index (χ1) is 10.1. The highest BCUT2D eigenvalue weighted by Crippen LogP contribution is 2.17. The summed E-state index contributed by atoms with van der Waals surface area (Å²) < 4.78 is 0. The predicted octanol–water partition coefficient (Wildman–Crippen LogP) is 2.87. The molecule has 1 amide bonds. The summed E-state index contributed by atoms with van der Waals surface area (Å²) in [6.45, 7) is 1.98. The van der Waals surface area contributed by atoms with Gasteiger partial charge in [0.15, 0.2) is 0 Å². The van der Waals surface area contributed by atoms with Gasteiger partial charge in [0.2, 0.25) is 5.91 Å². The number of nitrogens with one attached hydrogen (secondary N) is 1. The van der Waals surface area contributed by atoms with Gasteiger partial charge in [-0.25, -0.2) is 0 Å². The van der Waals surface area contributed by atoms with E-state index in [0.29, 0.717) is 0 Å². The van der Waals surface area contributed by atoms with Crippen LogP contribution in [-0.4, -0.2) is 16.9 Å². The molecule has 0 saturated carbocycles. The molecule has 2 aromatic rings. The van der Waals surface area contributed by atoms with Gasteiger partial charge in [-0.15, -0.1) is 0 Å². The van der Waals surface area contributed by atoms with Crippen molar-refractivity contribution < 1.29 is 4.79 Å². The predicted molar refractivity (Wildman–Crippen MR) is 91.6 cm³/mol. The summed E-state index contributed by atoms with van der Waals surface area (Å²) >= 11 is 6.72. The fraction of sp³-hybridized carbons (Fsp3) is 0.250. The van der Waals surface area contributed by atoms with Crippen molar-refractivity contribution in [1.29, 1.82) is 0 Å². The van der Waals surface area contributed by atoms with Crippen molar-refractivity contribution in [2.75, 3.05) is 0 Å². The van der Waals surface area contributed by atoms with Crippen LogP contribution in [0.2, 0.25) is 0 Å². The van der Waals surface area contributed by atoms with Gasteiger partial charge in [0.05, 0.1) is 4.99 Å². The fourth-order valence-corrected chi connectivity index (χ4v) is 3.15. The standard InChI is InChI=1S/C16H18N2OS2/c1-11(9-12-7-8-21-10-12)18-16(19)14(15(17)20)13-5-3-2-4-6-13/h2-8,10-11,14H,9H2,1H3,(H2,17,20)(H,18,19). The molecule has 0 aliphatic heterocycles. The second-order valence-electron chi connectivity index (χ2n) is 4.99. The lowest BCUT2D eigenvalue weighted by Gasteiger charge is -2.19. The summed E-state index contributed by atoms with van der Waals surface area (Å²) in [6, 6.07) is 11.5. The van der Waals surface area contributed by atoms with Gasteiger partial charge in [0.25, 0.3) is 0 Å². The molecule has 21 heavy (non-hydrogen) atoms. The molecule has 0 radical (unpaired) electrons. The maximum Gasteiger partial charge on any atom is 0.234 e. The topological polar surface area (TPSA) is 55.1 Å². The zero-order valence-corrected chi connectivity index (χ0v) is 13.4. The van der Waals surface area contributed by atoms with E-state index in [1.807, 2.05) is 42.6 Å². The van der Waals surface area contributed by atoms with E-state index in [1.165, 1.54) is 5.56 Å². The third-order valence-corrected chi connectivity index (χ3v) is 4.16. The van der Waals surface area contributed by atoms with Crippen LogP contribution in [0.3, 0.4) is 0 Å². The largest absolute Gasteiger partial charge is 0.392 e. The highest BCUT2D eigenvalue weighted by molar-refractivity contribution is 7.80. The van der Waals surface area contributed by atoms with Gasteiger partial charge in [0, 0.05) is 6.04 Å². The first-order valence-corrected chi connectivity index (χ1v) is 8.08. The maximum atomic E-state index is 12.4. The van der Waals surface area contributed by atoms with Gasteiger partial charge in [-0.3, -0.25) is 4.79 Å². The summed E-state index contributed by atoms with van der Waals surface area (Å²) in [4.78, 5) is 12.6. The first kappa shape index (κ1) is 15.7. The van der Waals surface area contributed by atoms with Gasteiger partial charge < -0.3 is 11.1 Å². The number of rotatable bonds is 6. The van der Waals surface area contributed by atoms with E-state index < -0.39 is 5.92 Å². The summed E-state index contributed by atoms with van der Waals surface area (Å²) in [5, 5.41) is 7.12. The number of amides is 1. The molecule has 0 aliphatic carbocycles. The number of thiocarbonyl (C=S) groups is 1. The summed E-state index contributed by atoms with van der Waals surface area (Å²) in [6.07, 6.45) is 0.800. The highest BCUT2D eigenvalue weighted by Gasteiger charge is 2.24. The van der Waals surface area contributed by atoms with Crippen LogP contribution in [0.1, 0.15) is 24.0 Å². The molecule has 110 valence electrons. The average molecular weight is 318 g/mol. The Bertz CT molecular complexity index is 596. The van der Waals surface area contributed by atoms with E-state index >= 15 is 0 Å². The SMILES string of the molecule is CC(Cc1ccsc1)NC(=O)C(C(N)=S)c1ccccc1. The van der Waals surface area contributed by atoms with Crippen LogP contribution in [0.5, 0.6) is 0 Å². The molecular formula is C16H18N2OS2. The highest BCUT2D eigenvalue weighted by atomic mass is 32.1. The lowest BCUT2D eigenvalue weighted by Crippen LogP contribution is -2.41. The van der Waals surface area contributed by atoms with Crippen LogP contribution in [0.15, 0.2) is 47.2 Å². The Morgan fingerprint density at radius 1 is 1.33 bits per heavy atom. The first-order valence-electron chi connectivity index (χ1n) is 6.73. The van der Waals surface area contributed by atoms with E-state index in [1.54, 1.807) is 11.3 Å². The van der Waals surface area contributed by atoms with Crippen molar-refractivity contribution in [3.8, 4) is 0 Å². The molecule has 3 nitrogen and oxygen atoms in total. The van der Waals surface area contributed by atoms with Gasteiger partial charge in [-0.1, -0.05) is 42.5 Å². The van der Waals surface area contributed by atoms with Crippen molar-refractivity contribution in [3.05, 3.63) is 58.3 Å². The second-order valence-corrected chi connectivity index (χ2v) is 6.24. The lowest BCUT2D eigenvalue weighted by atomic mass is 9.97. The Hall–Kier alpha value is -1.72. The molecule has 1 heterocycles. The number of hydrogen-bond acceptors (Lipinski definition) is 3. The summed E-state index contributed by atoms with van der Waals surface area (Å²) in [5.74, 6) is -0.720. The van der Waals surface area contributed by atoms with Crippen molar-refractivity contribution in [3.63, 3.8) is 0 Å². The molecule has 0 bridgehead atoms. The number of benzene rings is 1. The van der Waals surface area contributed by atoms with Crippen LogP contribution >= 0.6 is 23.6 Å². The van der Waals surface area contributed by atoms with Crippen molar-refractivity contribution in [2.24, 2.45) is 5.73 Å². The molecule has 5 heteroatoms. The molecule has 1 aromatic carbocycles. The minimum atomic E-state index is -0.578. The van der Waals surface area contributed by atoms with Crippen LogP contribution in [0, 0.1) is 0 Å². The van der Waals surface area contributed by atoms with Gasteiger partial charge in [-0.05, 0) is 41.3 Å². The number of hydrogen-bond donors (Lipinski definition) is 2. The van der Waals surface area contributed by atoms with Crippen molar-refractivity contribution in [2.45, 2.75) is 25.3 Å². The quantitative estimate of drug-likeness (QED) is 0.805. The fourth-order valence-electron chi connectivity index (χ4n) is 2.23. The minimum absolute atomic E-state index is 0.0349. The van der Waals surface area contributed by atoms with Gasteiger partial charge in [-0.2, -0.15) is 11.3 Å². The summed E-state index contributed by atoms with van der Waals surface area (Å²) in [7, 11) is 0. The number of carbonyl (C=O) groups excluding carboxylic acids is 1. The minimum Gasteiger partial charge on any atom is -0.392 e. The number of thiophene rings is 1. The lowest BCUT2D eigenvalue weighted by molar-refractivity contribution is -0.121.